The van der Waals surface area contributed by atoms with Crippen LogP contribution in [0.4, 0.5) is 5.69 Å². The fourth-order valence-electron chi connectivity index (χ4n) is 3.81. The number of amides is 2. The van der Waals surface area contributed by atoms with Gasteiger partial charge in [0, 0.05) is 37.4 Å². The van der Waals surface area contributed by atoms with E-state index in [-0.39, 0.29) is 11.8 Å². The molecule has 1 aromatic carbocycles. The number of hydrogen-bond acceptors (Lipinski definition) is 3. The summed E-state index contributed by atoms with van der Waals surface area (Å²) in [6.07, 6.45) is 8.18. The monoisotopic (exact) mass is 343 g/mol. The van der Waals surface area contributed by atoms with E-state index < -0.39 is 0 Å². The summed E-state index contributed by atoms with van der Waals surface area (Å²) in [6, 6.07) is 7.86. The van der Waals surface area contributed by atoms with Crippen LogP contribution >= 0.6 is 0 Å². The summed E-state index contributed by atoms with van der Waals surface area (Å²) in [5.74, 6) is 0.237. The Bertz CT molecular complexity index is 587. The van der Waals surface area contributed by atoms with Crippen LogP contribution in [0.5, 0.6) is 0 Å². The lowest BCUT2D eigenvalue weighted by molar-refractivity contribution is -0.130. The number of hydrogen-bond donors (Lipinski definition) is 1. The Morgan fingerprint density at radius 2 is 1.68 bits per heavy atom. The van der Waals surface area contributed by atoms with Crippen LogP contribution in [0, 0.1) is 0 Å². The van der Waals surface area contributed by atoms with Gasteiger partial charge >= 0.3 is 0 Å². The van der Waals surface area contributed by atoms with E-state index >= 15 is 0 Å². The molecule has 0 atom stereocenters. The molecule has 2 amide bonds. The summed E-state index contributed by atoms with van der Waals surface area (Å²) in [4.78, 5) is 28.5. The van der Waals surface area contributed by atoms with Crippen molar-refractivity contribution in [2.45, 2.75) is 51.0 Å². The molecule has 0 aromatic heterocycles. The van der Waals surface area contributed by atoms with E-state index in [4.69, 9.17) is 0 Å². The molecule has 0 unspecified atom stereocenters. The molecule has 5 heteroatoms. The second kappa shape index (κ2) is 8.37. The summed E-state index contributed by atoms with van der Waals surface area (Å²) in [6.45, 7) is 2.02. The van der Waals surface area contributed by atoms with E-state index in [1.54, 1.807) is 0 Å². The normalized spacial score (nSPS) is 18.2. The van der Waals surface area contributed by atoms with Crippen LogP contribution in [-0.4, -0.2) is 54.3 Å². The van der Waals surface area contributed by atoms with Gasteiger partial charge in [0.25, 0.3) is 5.91 Å². The molecule has 0 radical (unpaired) electrons. The molecular formula is C20H29N3O2. The molecule has 1 saturated heterocycles. The van der Waals surface area contributed by atoms with Crippen LogP contribution in [0.2, 0.25) is 0 Å². The molecule has 2 fully saturated rings. The number of likely N-dealkylation sites (tertiary alicyclic amines) is 1. The van der Waals surface area contributed by atoms with Crippen molar-refractivity contribution in [3.63, 3.8) is 0 Å². The van der Waals surface area contributed by atoms with Gasteiger partial charge in [0.05, 0.1) is 6.54 Å². The van der Waals surface area contributed by atoms with E-state index in [2.05, 4.69) is 5.32 Å². The quantitative estimate of drug-likeness (QED) is 0.894. The minimum Gasteiger partial charge on any atom is -0.376 e. The number of likely N-dealkylation sites (N-methyl/N-ethyl adjacent to an activating group) is 1. The van der Waals surface area contributed by atoms with Gasteiger partial charge in [-0.05, 0) is 49.9 Å². The highest BCUT2D eigenvalue weighted by atomic mass is 16.2. The fraction of sp³-hybridized carbons (Fsp3) is 0.600. The molecule has 1 N–H and O–H groups in total. The van der Waals surface area contributed by atoms with Gasteiger partial charge in [-0.3, -0.25) is 9.59 Å². The molecule has 1 saturated carbocycles. The lowest BCUT2D eigenvalue weighted by Gasteiger charge is -2.31. The van der Waals surface area contributed by atoms with E-state index in [0.717, 1.165) is 50.0 Å². The molecule has 1 aromatic rings. The average molecular weight is 343 g/mol. The first-order valence-corrected chi connectivity index (χ1v) is 9.54. The van der Waals surface area contributed by atoms with Gasteiger partial charge in [0.1, 0.15) is 0 Å². The van der Waals surface area contributed by atoms with E-state index in [1.807, 2.05) is 41.1 Å². The average Bonchev–Trinajstić information content (AvgIpc) is 3.21. The smallest absolute Gasteiger partial charge is 0.253 e. The lowest BCUT2D eigenvalue weighted by atomic mass is 9.94. The van der Waals surface area contributed by atoms with Crippen molar-refractivity contribution >= 4 is 17.5 Å². The molecule has 1 aliphatic heterocycles. The first kappa shape index (κ1) is 17.8. The second-order valence-corrected chi connectivity index (χ2v) is 7.23. The molecule has 3 rings (SSSR count). The summed E-state index contributed by atoms with van der Waals surface area (Å²) in [5, 5.41) is 3.18. The van der Waals surface area contributed by atoms with Crippen molar-refractivity contribution in [2.24, 2.45) is 0 Å². The first-order chi connectivity index (χ1) is 12.1. The Morgan fingerprint density at radius 3 is 2.32 bits per heavy atom. The van der Waals surface area contributed by atoms with Crippen molar-refractivity contribution in [3.05, 3.63) is 29.8 Å². The van der Waals surface area contributed by atoms with Gasteiger partial charge in [-0.15, -0.1) is 0 Å². The molecule has 0 bridgehead atoms. The van der Waals surface area contributed by atoms with Gasteiger partial charge in [-0.25, -0.2) is 0 Å². The van der Waals surface area contributed by atoms with E-state index in [1.165, 1.54) is 19.3 Å². The molecule has 25 heavy (non-hydrogen) atoms. The number of anilines is 1. The van der Waals surface area contributed by atoms with Crippen LogP contribution in [0.3, 0.4) is 0 Å². The second-order valence-electron chi connectivity index (χ2n) is 7.23. The summed E-state index contributed by atoms with van der Waals surface area (Å²) >= 11 is 0. The molecule has 1 heterocycles. The summed E-state index contributed by atoms with van der Waals surface area (Å²) in [5.41, 5.74) is 1.60. The zero-order chi connectivity index (χ0) is 17.6. The van der Waals surface area contributed by atoms with Crippen LogP contribution < -0.4 is 5.32 Å². The summed E-state index contributed by atoms with van der Waals surface area (Å²) in [7, 11) is 1.91. The molecule has 5 nitrogen and oxygen atoms in total. The highest BCUT2D eigenvalue weighted by Gasteiger charge is 2.22. The van der Waals surface area contributed by atoms with Gasteiger partial charge < -0.3 is 15.1 Å². The van der Waals surface area contributed by atoms with Gasteiger partial charge in [-0.2, -0.15) is 0 Å². The van der Waals surface area contributed by atoms with Crippen molar-refractivity contribution < 1.29 is 9.59 Å². The molecule has 136 valence electrons. The standard InChI is InChI=1S/C20H29N3O2/c1-22(18-7-3-2-4-8-18)19(24)15-21-17-11-9-16(10-12-17)20(25)23-13-5-6-14-23/h9-12,18,21H,2-8,13-15H2,1H3. The maximum absolute atomic E-state index is 12.4. The topological polar surface area (TPSA) is 52.7 Å². The predicted octanol–water partition coefficient (Wildman–Crippen LogP) is 3.13. The Morgan fingerprint density at radius 1 is 1.04 bits per heavy atom. The highest BCUT2D eigenvalue weighted by Crippen LogP contribution is 2.22. The number of benzene rings is 1. The molecular weight excluding hydrogens is 314 g/mol. The zero-order valence-corrected chi connectivity index (χ0v) is 15.2. The Kier molecular flexibility index (Phi) is 5.95. The maximum Gasteiger partial charge on any atom is 0.253 e. The number of nitrogens with zero attached hydrogens (tertiary/aromatic N) is 2. The third-order valence-electron chi connectivity index (χ3n) is 5.48. The maximum atomic E-state index is 12.4. The van der Waals surface area contributed by atoms with Gasteiger partial charge in [-0.1, -0.05) is 19.3 Å². The van der Waals surface area contributed by atoms with Crippen LogP contribution in [-0.2, 0) is 4.79 Å². The van der Waals surface area contributed by atoms with Crippen molar-refractivity contribution in [1.29, 1.82) is 0 Å². The molecule has 1 aliphatic carbocycles. The number of rotatable bonds is 5. The van der Waals surface area contributed by atoms with Crippen LogP contribution in [0.1, 0.15) is 55.3 Å². The minimum atomic E-state index is 0.108. The van der Waals surface area contributed by atoms with Crippen LogP contribution in [0.25, 0.3) is 0 Å². The number of carbonyl (C=O) groups excluding carboxylic acids is 2. The highest BCUT2D eigenvalue weighted by molar-refractivity contribution is 5.94. The van der Waals surface area contributed by atoms with Crippen molar-refractivity contribution in [2.75, 3.05) is 32.0 Å². The lowest BCUT2D eigenvalue weighted by Crippen LogP contribution is -2.41. The van der Waals surface area contributed by atoms with Gasteiger partial charge in [0.2, 0.25) is 5.91 Å². The number of nitrogens with one attached hydrogen (secondary N) is 1. The Hall–Kier alpha value is -2.04. The molecule has 2 aliphatic rings. The van der Waals surface area contributed by atoms with E-state index in [9.17, 15) is 9.59 Å². The summed E-state index contributed by atoms with van der Waals surface area (Å²) < 4.78 is 0. The van der Waals surface area contributed by atoms with Crippen molar-refractivity contribution in [1.82, 2.24) is 9.80 Å². The Labute approximate surface area is 150 Å². The largest absolute Gasteiger partial charge is 0.376 e. The third kappa shape index (κ3) is 4.53. The minimum absolute atomic E-state index is 0.108. The third-order valence-corrected chi connectivity index (χ3v) is 5.48. The predicted molar refractivity (Wildman–Crippen MR) is 99.7 cm³/mol. The van der Waals surface area contributed by atoms with E-state index in [0.29, 0.717) is 12.6 Å². The number of carbonyl (C=O) groups is 2. The van der Waals surface area contributed by atoms with Gasteiger partial charge in [0.15, 0.2) is 0 Å². The SMILES string of the molecule is CN(C(=O)CNc1ccc(C(=O)N2CCCC2)cc1)C1CCCCC1. The molecule has 0 spiro atoms. The van der Waals surface area contributed by atoms with Crippen molar-refractivity contribution in [3.8, 4) is 0 Å². The Balaban J connectivity index is 1.49. The zero-order valence-electron chi connectivity index (χ0n) is 15.2. The fourth-order valence-corrected chi connectivity index (χ4v) is 3.81. The first-order valence-electron chi connectivity index (χ1n) is 9.54. The van der Waals surface area contributed by atoms with Crippen LogP contribution in [0.15, 0.2) is 24.3 Å².